The molecule has 2 unspecified atom stereocenters. The molecule has 3 atom stereocenters. The molecule has 2 fully saturated rings. The van der Waals surface area contributed by atoms with Crippen molar-refractivity contribution in [2.24, 2.45) is 11.8 Å². The molecule has 0 bridgehead atoms. The number of piperidine rings is 1. The molecule has 1 aliphatic heterocycles. The average Bonchev–Trinajstić information content (AvgIpc) is 2.73. The van der Waals surface area contributed by atoms with Crippen LogP contribution in [0, 0.1) is 11.8 Å². The lowest BCUT2D eigenvalue weighted by Crippen LogP contribution is -2.41. The zero-order valence-electron chi connectivity index (χ0n) is 9.74. The number of hydrogen-bond acceptors (Lipinski definition) is 3. The van der Waals surface area contributed by atoms with Crippen LogP contribution in [0.15, 0.2) is 0 Å². The standard InChI is InChI=1S/C12H22N2O2/c15-11-4-3-9(6-11)7-14-12(16)10-2-1-5-13-8-10/h9-11,13,15H,1-8H2,(H,14,16)/t9?,10-,11?/m0/s1. The van der Waals surface area contributed by atoms with Crippen molar-refractivity contribution in [3.05, 3.63) is 0 Å². The van der Waals surface area contributed by atoms with Gasteiger partial charge in [-0.15, -0.1) is 0 Å². The molecule has 1 aliphatic carbocycles. The predicted molar refractivity (Wildman–Crippen MR) is 62.0 cm³/mol. The number of hydrogen-bond donors (Lipinski definition) is 3. The maximum atomic E-state index is 11.8. The topological polar surface area (TPSA) is 61.4 Å². The number of rotatable bonds is 3. The SMILES string of the molecule is O=C(NCC1CCC(O)C1)[C@H]1CCCNC1. The molecular weight excluding hydrogens is 204 g/mol. The van der Waals surface area contributed by atoms with Crippen molar-refractivity contribution in [3.8, 4) is 0 Å². The van der Waals surface area contributed by atoms with Gasteiger partial charge in [-0.2, -0.15) is 0 Å². The summed E-state index contributed by atoms with van der Waals surface area (Å²) in [7, 11) is 0. The van der Waals surface area contributed by atoms with Gasteiger partial charge in [0, 0.05) is 13.1 Å². The highest BCUT2D eigenvalue weighted by molar-refractivity contribution is 5.78. The van der Waals surface area contributed by atoms with E-state index in [2.05, 4.69) is 10.6 Å². The fourth-order valence-electron chi connectivity index (χ4n) is 2.70. The van der Waals surface area contributed by atoms with E-state index in [9.17, 15) is 9.90 Å². The molecule has 4 heteroatoms. The van der Waals surface area contributed by atoms with Crippen molar-refractivity contribution in [2.75, 3.05) is 19.6 Å². The third kappa shape index (κ3) is 3.19. The minimum absolute atomic E-state index is 0.141. The van der Waals surface area contributed by atoms with Gasteiger partial charge in [0.15, 0.2) is 0 Å². The van der Waals surface area contributed by atoms with Gasteiger partial charge in [-0.1, -0.05) is 0 Å². The molecule has 2 rings (SSSR count). The second kappa shape index (κ2) is 5.64. The maximum Gasteiger partial charge on any atom is 0.224 e. The van der Waals surface area contributed by atoms with E-state index >= 15 is 0 Å². The molecule has 92 valence electrons. The maximum absolute atomic E-state index is 11.8. The fourth-order valence-corrected chi connectivity index (χ4v) is 2.70. The summed E-state index contributed by atoms with van der Waals surface area (Å²) in [6, 6.07) is 0. The lowest BCUT2D eigenvalue weighted by Gasteiger charge is -2.22. The first-order valence-corrected chi connectivity index (χ1v) is 6.42. The third-order valence-corrected chi connectivity index (χ3v) is 3.75. The summed E-state index contributed by atoms with van der Waals surface area (Å²) in [4.78, 5) is 11.8. The van der Waals surface area contributed by atoms with Gasteiger partial charge >= 0.3 is 0 Å². The van der Waals surface area contributed by atoms with E-state index in [-0.39, 0.29) is 17.9 Å². The minimum atomic E-state index is -0.141. The van der Waals surface area contributed by atoms with Crippen LogP contribution < -0.4 is 10.6 Å². The fraction of sp³-hybridized carbons (Fsp3) is 0.917. The Morgan fingerprint density at radius 3 is 2.88 bits per heavy atom. The van der Waals surface area contributed by atoms with E-state index in [0.29, 0.717) is 5.92 Å². The second-order valence-corrected chi connectivity index (χ2v) is 5.12. The molecule has 4 nitrogen and oxygen atoms in total. The average molecular weight is 226 g/mol. The summed E-state index contributed by atoms with van der Waals surface area (Å²) < 4.78 is 0. The second-order valence-electron chi connectivity index (χ2n) is 5.12. The highest BCUT2D eigenvalue weighted by Crippen LogP contribution is 2.24. The van der Waals surface area contributed by atoms with Gasteiger partial charge in [0.2, 0.25) is 5.91 Å². The number of aliphatic hydroxyl groups excluding tert-OH is 1. The molecule has 0 aromatic carbocycles. The van der Waals surface area contributed by atoms with Gasteiger partial charge < -0.3 is 15.7 Å². The number of carbonyl (C=O) groups excluding carboxylic acids is 1. The highest BCUT2D eigenvalue weighted by Gasteiger charge is 2.25. The Kier molecular flexibility index (Phi) is 4.18. The number of nitrogens with one attached hydrogen (secondary N) is 2. The van der Waals surface area contributed by atoms with Crippen LogP contribution in [0.3, 0.4) is 0 Å². The Morgan fingerprint density at radius 1 is 1.38 bits per heavy atom. The van der Waals surface area contributed by atoms with Crippen LogP contribution in [-0.4, -0.2) is 36.8 Å². The molecule has 1 amide bonds. The lowest BCUT2D eigenvalue weighted by atomic mass is 9.98. The van der Waals surface area contributed by atoms with Crippen molar-refractivity contribution in [1.82, 2.24) is 10.6 Å². The Labute approximate surface area is 96.8 Å². The summed E-state index contributed by atoms with van der Waals surface area (Å²) in [5.74, 6) is 0.823. The first-order chi connectivity index (χ1) is 7.75. The monoisotopic (exact) mass is 226 g/mol. The van der Waals surface area contributed by atoms with Crippen molar-refractivity contribution in [1.29, 1.82) is 0 Å². The van der Waals surface area contributed by atoms with E-state index in [1.807, 2.05) is 0 Å². The normalized spacial score (nSPS) is 34.9. The van der Waals surface area contributed by atoms with Crippen LogP contribution in [0.5, 0.6) is 0 Å². The van der Waals surface area contributed by atoms with Crippen LogP contribution in [-0.2, 0) is 4.79 Å². The molecule has 1 heterocycles. The molecule has 3 N–H and O–H groups in total. The van der Waals surface area contributed by atoms with Gasteiger partial charge in [-0.05, 0) is 44.6 Å². The quantitative estimate of drug-likeness (QED) is 0.647. The van der Waals surface area contributed by atoms with Gasteiger partial charge in [0.25, 0.3) is 0 Å². The number of carbonyl (C=O) groups is 1. The van der Waals surface area contributed by atoms with Crippen molar-refractivity contribution in [3.63, 3.8) is 0 Å². The van der Waals surface area contributed by atoms with E-state index in [1.54, 1.807) is 0 Å². The molecule has 0 aromatic rings. The van der Waals surface area contributed by atoms with Gasteiger partial charge in [-0.25, -0.2) is 0 Å². The van der Waals surface area contributed by atoms with Crippen molar-refractivity contribution in [2.45, 2.75) is 38.2 Å². The Balaban J connectivity index is 1.66. The summed E-state index contributed by atoms with van der Waals surface area (Å²) in [6.45, 7) is 2.60. The number of amides is 1. The summed E-state index contributed by atoms with van der Waals surface area (Å²) in [6.07, 6.45) is 4.75. The van der Waals surface area contributed by atoms with Gasteiger partial charge in [0.05, 0.1) is 12.0 Å². The van der Waals surface area contributed by atoms with Crippen LogP contribution in [0.2, 0.25) is 0 Å². The molecular formula is C12H22N2O2. The van der Waals surface area contributed by atoms with Crippen LogP contribution in [0.1, 0.15) is 32.1 Å². The highest BCUT2D eigenvalue weighted by atomic mass is 16.3. The molecule has 1 saturated carbocycles. The molecule has 0 radical (unpaired) electrons. The van der Waals surface area contributed by atoms with Crippen LogP contribution >= 0.6 is 0 Å². The summed E-state index contributed by atoms with van der Waals surface area (Å²) in [5, 5.41) is 15.7. The zero-order chi connectivity index (χ0) is 11.4. The van der Waals surface area contributed by atoms with Crippen molar-refractivity contribution < 1.29 is 9.90 Å². The molecule has 16 heavy (non-hydrogen) atoms. The Bertz CT molecular complexity index is 239. The Hall–Kier alpha value is -0.610. The first-order valence-electron chi connectivity index (χ1n) is 6.42. The number of aliphatic hydroxyl groups is 1. The van der Waals surface area contributed by atoms with Gasteiger partial charge in [0.1, 0.15) is 0 Å². The van der Waals surface area contributed by atoms with Crippen LogP contribution in [0.25, 0.3) is 0 Å². The van der Waals surface area contributed by atoms with E-state index in [0.717, 1.165) is 51.7 Å². The molecule has 0 spiro atoms. The smallest absolute Gasteiger partial charge is 0.224 e. The van der Waals surface area contributed by atoms with E-state index < -0.39 is 0 Å². The van der Waals surface area contributed by atoms with E-state index in [4.69, 9.17) is 0 Å². The zero-order valence-corrected chi connectivity index (χ0v) is 9.74. The summed E-state index contributed by atoms with van der Waals surface area (Å²) >= 11 is 0. The minimum Gasteiger partial charge on any atom is -0.393 e. The van der Waals surface area contributed by atoms with Crippen molar-refractivity contribution >= 4 is 5.91 Å². The third-order valence-electron chi connectivity index (χ3n) is 3.75. The predicted octanol–water partition coefficient (Wildman–Crippen LogP) is 0.263. The first kappa shape index (κ1) is 11.9. The van der Waals surface area contributed by atoms with Crippen LogP contribution in [0.4, 0.5) is 0 Å². The molecule has 0 aromatic heterocycles. The van der Waals surface area contributed by atoms with E-state index in [1.165, 1.54) is 0 Å². The largest absolute Gasteiger partial charge is 0.393 e. The Morgan fingerprint density at radius 2 is 2.25 bits per heavy atom. The molecule has 1 saturated heterocycles. The lowest BCUT2D eigenvalue weighted by molar-refractivity contribution is -0.125. The summed E-state index contributed by atoms with van der Waals surface area (Å²) in [5.41, 5.74) is 0. The van der Waals surface area contributed by atoms with Gasteiger partial charge in [-0.3, -0.25) is 4.79 Å². The molecule has 2 aliphatic rings.